The summed E-state index contributed by atoms with van der Waals surface area (Å²) in [5.41, 5.74) is 2.30. The van der Waals surface area contributed by atoms with Crippen LogP contribution in [-0.2, 0) is 12.4 Å². The minimum atomic E-state index is -0.496. The van der Waals surface area contributed by atoms with Crippen LogP contribution in [-0.4, -0.2) is 13.0 Å². The summed E-state index contributed by atoms with van der Waals surface area (Å²) in [5.74, 6) is -0.308. The van der Waals surface area contributed by atoms with Gasteiger partial charge in [-0.15, -0.1) is 11.6 Å². The van der Waals surface area contributed by atoms with E-state index < -0.39 is 5.82 Å². The third kappa shape index (κ3) is 3.95. The molecule has 0 aliphatic heterocycles. The van der Waals surface area contributed by atoms with Crippen molar-refractivity contribution >= 4 is 17.5 Å². The molecule has 0 saturated carbocycles. The number of benzene rings is 2. The third-order valence-corrected chi connectivity index (χ3v) is 3.32. The van der Waals surface area contributed by atoms with Gasteiger partial charge in [-0.2, -0.15) is 0 Å². The van der Waals surface area contributed by atoms with Gasteiger partial charge in [0.25, 0.3) is 5.91 Å². The SMILES string of the molecule is COc1cc(C(=O)NCc2cccc(CCl)c2)ccc1F. The van der Waals surface area contributed by atoms with Crippen molar-refractivity contribution in [3.8, 4) is 5.75 Å². The first-order valence-corrected chi connectivity index (χ1v) is 6.93. The molecule has 5 heteroatoms. The lowest BCUT2D eigenvalue weighted by molar-refractivity contribution is 0.0950. The lowest BCUT2D eigenvalue weighted by Crippen LogP contribution is -2.22. The monoisotopic (exact) mass is 307 g/mol. The summed E-state index contributed by atoms with van der Waals surface area (Å²) in [7, 11) is 1.36. The molecule has 0 aliphatic carbocycles. The van der Waals surface area contributed by atoms with Gasteiger partial charge in [-0.1, -0.05) is 24.3 Å². The van der Waals surface area contributed by atoms with Gasteiger partial charge in [0.1, 0.15) is 0 Å². The van der Waals surface area contributed by atoms with Crippen LogP contribution in [0.25, 0.3) is 0 Å². The molecule has 3 nitrogen and oxygen atoms in total. The Kier molecular flexibility index (Phi) is 5.17. The highest BCUT2D eigenvalue weighted by molar-refractivity contribution is 6.17. The fourth-order valence-electron chi connectivity index (χ4n) is 1.91. The number of ether oxygens (including phenoxy) is 1. The Balaban J connectivity index is 2.04. The van der Waals surface area contributed by atoms with Crippen molar-refractivity contribution in [3.05, 3.63) is 65.0 Å². The van der Waals surface area contributed by atoms with Crippen molar-refractivity contribution in [1.82, 2.24) is 5.32 Å². The fraction of sp³-hybridized carbons (Fsp3) is 0.188. The van der Waals surface area contributed by atoms with Gasteiger partial charge >= 0.3 is 0 Å². The first kappa shape index (κ1) is 15.3. The van der Waals surface area contributed by atoms with Crippen molar-refractivity contribution in [1.29, 1.82) is 0 Å². The maximum atomic E-state index is 13.3. The van der Waals surface area contributed by atoms with Gasteiger partial charge in [-0.25, -0.2) is 4.39 Å². The predicted molar refractivity (Wildman–Crippen MR) is 80.1 cm³/mol. The van der Waals surface area contributed by atoms with E-state index in [9.17, 15) is 9.18 Å². The molecule has 0 fully saturated rings. The van der Waals surface area contributed by atoms with Crippen molar-refractivity contribution in [2.75, 3.05) is 7.11 Å². The lowest BCUT2D eigenvalue weighted by Gasteiger charge is -2.08. The largest absolute Gasteiger partial charge is 0.494 e. The first-order valence-electron chi connectivity index (χ1n) is 6.39. The van der Waals surface area contributed by atoms with E-state index in [4.69, 9.17) is 16.3 Å². The maximum absolute atomic E-state index is 13.3. The molecule has 1 amide bonds. The molecule has 110 valence electrons. The Hall–Kier alpha value is -2.07. The van der Waals surface area contributed by atoms with Gasteiger partial charge in [0.2, 0.25) is 0 Å². The zero-order valence-electron chi connectivity index (χ0n) is 11.5. The van der Waals surface area contributed by atoms with Gasteiger partial charge in [-0.3, -0.25) is 4.79 Å². The second kappa shape index (κ2) is 7.09. The number of nitrogens with one attached hydrogen (secondary N) is 1. The Morgan fingerprint density at radius 2 is 2.00 bits per heavy atom. The number of amides is 1. The van der Waals surface area contributed by atoms with Crippen LogP contribution in [0.2, 0.25) is 0 Å². The first-order chi connectivity index (χ1) is 10.1. The minimum Gasteiger partial charge on any atom is -0.494 e. The van der Waals surface area contributed by atoms with Crippen LogP contribution >= 0.6 is 11.6 Å². The average molecular weight is 308 g/mol. The van der Waals surface area contributed by atoms with Crippen molar-refractivity contribution in [2.45, 2.75) is 12.4 Å². The van der Waals surface area contributed by atoms with E-state index in [2.05, 4.69) is 5.32 Å². The number of halogens is 2. The summed E-state index contributed by atoms with van der Waals surface area (Å²) in [6.07, 6.45) is 0. The number of carbonyl (C=O) groups is 1. The van der Waals surface area contributed by atoms with E-state index in [0.29, 0.717) is 18.0 Å². The maximum Gasteiger partial charge on any atom is 0.251 e. The van der Waals surface area contributed by atoms with Crippen LogP contribution < -0.4 is 10.1 Å². The van der Waals surface area contributed by atoms with Crippen LogP contribution in [0.1, 0.15) is 21.5 Å². The zero-order chi connectivity index (χ0) is 15.2. The molecule has 0 saturated heterocycles. The molecular formula is C16H15ClFNO2. The van der Waals surface area contributed by atoms with E-state index >= 15 is 0 Å². The molecule has 0 bridgehead atoms. The van der Waals surface area contributed by atoms with E-state index in [0.717, 1.165) is 11.1 Å². The second-order valence-electron chi connectivity index (χ2n) is 4.49. The number of rotatable bonds is 5. The number of alkyl halides is 1. The Bertz CT molecular complexity index is 646. The number of methoxy groups -OCH3 is 1. The van der Waals surface area contributed by atoms with Crippen LogP contribution in [0.15, 0.2) is 42.5 Å². The smallest absolute Gasteiger partial charge is 0.251 e. The van der Waals surface area contributed by atoms with E-state index in [1.54, 1.807) is 0 Å². The van der Waals surface area contributed by atoms with Gasteiger partial charge in [0, 0.05) is 18.0 Å². The van der Waals surface area contributed by atoms with Crippen LogP contribution in [0.3, 0.4) is 0 Å². The molecule has 2 aromatic carbocycles. The molecule has 2 rings (SSSR count). The molecule has 0 aliphatic rings. The average Bonchev–Trinajstić information content (AvgIpc) is 2.53. The minimum absolute atomic E-state index is 0.0480. The summed E-state index contributed by atoms with van der Waals surface area (Å²) in [5, 5.41) is 2.78. The molecule has 2 aromatic rings. The van der Waals surface area contributed by atoms with Crippen molar-refractivity contribution in [3.63, 3.8) is 0 Å². The van der Waals surface area contributed by atoms with Gasteiger partial charge < -0.3 is 10.1 Å². The summed E-state index contributed by atoms with van der Waals surface area (Å²) in [6.45, 7) is 0.378. The van der Waals surface area contributed by atoms with Crippen LogP contribution in [0, 0.1) is 5.82 Å². The zero-order valence-corrected chi connectivity index (χ0v) is 12.3. The summed E-state index contributed by atoms with van der Waals surface area (Å²) in [4.78, 5) is 12.0. The van der Waals surface area contributed by atoms with Crippen LogP contribution in [0.5, 0.6) is 5.75 Å². The molecule has 0 atom stereocenters. The highest BCUT2D eigenvalue weighted by atomic mass is 35.5. The third-order valence-electron chi connectivity index (χ3n) is 3.01. The standard InChI is InChI=1S/C16H15ClFNO2/c1-21-15-8-13(5-6-14(15)18)16(20)19-10-12-4-2-3-11(7-12)9-17/h2-8H,9-10H2,1H3,(H,19,20). The highest BCUT2D eigenvalue weighted by Gasteiger charge is 2.10. The molecule has 0 unspecified atom stereocenters. The topological polar surface area (TPSA) is 38.3 Å². The molecule has 21 heavy (non-hydrogen) atoms. The molecular weight excluding hydrogens is 293 g/mol. The van der Waals surface area contributed by atoms with E-state index in [1.165, 1.54) is 25.3 Å². The number of hydrogen-bond donors (Lipinski definition) is 1. The molecule has 0 heterocycles. The second-order valence-corrected chi connectivity index (χ2v) is 4.75. The fourth-order valence-corrected chi connectivity index (χ4v) is 2.07. The van der Waals surface area contributed by atoms with E-state index in [1.807, 2.05) is 24.3 Å². The van der Waals surface area contributed by atoms with Crippen LogP contribution in [0.4, 0.5) is 4.39 Å². The van der Waals surface area contributed by atoms with Crippen molar-refractivity contribution in [2.24, 2.45) is 0 Å². The Morgan fingerprint density at radius 3 is 2.71 bits per heavy atom. The van der Waals surface area contributed by atoms with Gasteiger partial charge in [0.05, 0.1) is 7.11 Å². The van der Waals surface area contributed by atoms with Gasteiger partial charge in [0.15, 0.2) is 11.6 Å². The summed E-state index contributed by atoms with van der Waals surface area (Å²) < 4.78 is 18.2. The van der Waals surface area contributed by atoms with Crippen molar-refractivity contribution < 1.29 is 13.9 Å². The normalized spacial score (nSPS) is 10.2. The van der Waals surface area contributed by atoms with Gasteiger partial charge in [-0.05, 0) is 29.3 Å². The summed E-state index contributed by atoms with van der Waals surface area (Å²) >= 11 is 5.77. The Morgan fingerprint density at radius 1 is 1.24 bits per heavy atom. The predicted octanol–water partition coefficient (Wildman–Crippen LogP) is 3.50. The highest BCUT2D eigenvalue weighted by Crippen LogP contribution is 2.18. The van der Waals surface area contributed by atoms with E-state index in [-0.39, 0.29) is 11.7 Å². The molecule has 1 N–H and O–H groups in total. The summed E-state index contributed by atoms with van der Waals surface area (Å²) in [6, 6.07) is 11.6. The number of carbonyl (C=O) groups excluding carboxylic acids is 1. The number of hydrogen-bond acceptors (Lipinski definition) is 2. The molecule has 0 aromatic heterocycles. The Labute approximate surface area is 127 Å². The lowest BCUT2D eigenvalue weighted by atomic mass is 10.1. The molecule has 0 spiro atoms. The quantitative estimate of drug-likeness (QED) is 0.859. The molecule has 0 radical (unpaired) electrons.